The molecule has 2 aromatic carbocycles. The monoisotopic (exact) mass is 573 g/mol. The van der Waals surface area contributed by atoms with E-state index < -0.39 is 11.8 Å². The minimum Gasteiger partial charge on any atom is -0.486 e. The number of fused-ring (bicyclic) bond motifs is 1. The van der Waals surface area contributed by atoms with Crippen LogP contribution in [0.5, 0.6) is 11.5 Å². The van der Waals surface area contributed by atoms with Crippen molar-refractivity contribution < 1.29 is 32.9 Å². The molecule has 0 saturated carbocycles. The average molecular weight is 574 g/mol. The number of urea groups is 1. The number of morpholine rings is 1. The number of methoxy groups -OCH3 is 1. The van der Waals surface area contributed by atoms with E-state index in [-0.39, 0.29) is 23.8 Å². The second-order valence-corrected chi connectivity index (χ2v) is 9.75. The normalized spacial score (nSPS) is 16.1. The molecule has 2 fully saturated rings. The third-order valence-corrected chi connectivity index (χ3v) is 7.03. The maximum Gasteiger partial charge on any atom is 0.343 e. The highest BCUT2D eigenvalue weighted by Crippen LogP contribution is 2.37. The smallest absolute Gasteiger partial charge is 0.343 e. The number of piperidine rings is 1. The zero-order valence-corrected chi connectivity index (χ0v) is 22.7. The highest BCUT2D eigenvalue weighted by molar-refractivity contribution is 6.31. The molecule has 2 aliphatic rings. The Morgan fingerprint density at radius 3 is 2.55 bits per heavy atom. The van der Waals surface area contributed by atoms with Crippen molar-refractivity contribution in [1.82, 2.24) is 19.8 Å². The Morgan fingerprint density at radius 2 is 1.82 bits per heavy atom. The second kappa shape index (κ2) is 12.5. The minimum absolute atomic E-state index is 0.0170. The summed E-state index contributed by atoms with van der Waals surface area (Å²) in [5, 5.41) is 3.73. The van der Waals surface area contributed by atoms with Crippen molar-refractivity contribution in [3.05, 3.63) is 47.5 Å². The zero-order chi connectivity index (χ0) is 28.1. The summed E-state index contributed by atoms with van der Waals surface area (Å²) in [4.78, 5) is 37.0. The first-order valence-corrected chi connectivity index (χ1v) is 13.3. The van der Waals surface area contributed by atoms with Gasteiger partial charge in [0, 0.05) is 56.2 Å². The Labute approximate surface area is 235 Å². The predicted octanol–water partition coefficient (Wildman–Crippen LogP) is 4.01. The molecule has 0 radical (unpaired) electrons. The lowest BCUT2D eigenvalue weighted by molar-refractivity contribution is -0.142. The van der Waals surface area contributed by atoms with Gasteiger partial charge in [0.1, 0.15) is 24.1 Å². The summed E-state index contributed by atoms with van der Waals surface area (Å²) in [5.41, 5.74) is 1.07. The fourth-order valence-corrected chi connectivity index (χ4v) is 4.75. The molecule has 0 spiro atoms. The maximum absolute atomic E-state index is 13.7. The summed E-state index contributed by atoms with van der Waals surface area (Å²) in [5.74, 6) is 0.0891. The van der Waals surface area contributed by atoms with Gasteiger partial charge in [-0.05, 0) is 24.3 Å². The summed E-state index contributed by atoms with van der Waals surface area (Å²) < 4.78 is 35.8. The Bertz CT molecular complexity index is 1380. The van der Waals surface area contributed by atoms with Gasteiger partial charge in [0.25, 0.3) is 0 Å². The number of halogens is 2. The maximum atomic E-state index is 13.7. The van der Waals surface area contributed by atoms with E-state index in [1.54, 1.807) is 18.2 Å². The minimum atomic E-state index is -0.542. The van der Waals surface area contributed by atoms with Crippen molar-refractivity contribution in [2.75, 3.05) is 58.4 Å². The Kier molecular flexibility index (Phi) is 8.66. The SMILES string of the molecule is COC(=O)COc1cc2ncnc(Nc3ccc(F)c(Cl)c3)c2cc1OC1CCN(C(=O)N2CCOCC2)CC1. The average Bonchev–Trinajstić information content (AvgIpc) is 2.98. The Balaban J connectivity index is 1.36. The van der Waals surface area contributed by atoms with Gasteiger partial charge in [-0.15, -0.1) is 0 Å². The quantitative estimate of drug-likeness (QED) is 0.418. The van der Waals surface area contributed by atoms with E-state index in [0.29, 0.717) is 86.1 Å². The number of amides is 2. The Morgan fingerprint density at radius 1 is 1.07 bits per heavy atom. The van der Waals surface area contributed by atoms with Crippen LogP contribution in [0.15, 0.2) is 36.7 Å². The Hall–Kier alpha value is -3.90. The number of nitrogens with one attached hydrogen (secondary N) is 1. The molecule has 5 rings (SSSR count). The van der Waals surface area contributed by atoms with Gasteiger partial charge in [-0.2, -0.15) is 0 Å². The van der Waals surface area contributed by atoms with Crippen LogP contribution in [0.2, 0.25) is 5.02 Å². The third kappa shape index (κ3) is 6.45. The van der Waals surface area contributed by atoms with Crippen LogP contribution in [0.1, 0.15) is 12.8 Å². The number of anilines is 2. The van der Waals surface area contributed by atoms with Gasteiger partial charge in [0.2, 0.25) is 0 Å². The van der Waals surface area contributed by atoms with Gasteiger partial charge in [0.05, 0.1) is 30.9 Å². The van der Waals surface area contributed by atoms with Crippen LogP contribution in [0.25, 0.3) is 10.9 Å². The van der Waals surface area contributed by atoms with E-state index in [4.69, 9.17) is 30.5 Å². The molecule has 1 aromatic heterocycles. The molecule has 13 heteroatoms. The van der Waals surface area contributed by atoms with Gasteiger partial charge in [-0.1, -0.05) is 11.6 Å². The number of esters is 1. The number of hydrogen-bond donors (Lipinski definition) is 1. The third-order valence-electron chi connectivity index (χ3n) is 6.74. The molecule has 0 bridgehead atoms. The van der Waals surface area contributed by atoms with Crippen molar-refractivity contribution in [1.29, 1.82) is 0 Å². The van der Waals surface area contributed by atoms with Crippen LogP contribution >= 0.6 is 11.6 Å². The number of rotatable bonds is 7. The number of nitrogens with zero attached hydrogens (tertiary/aromatic N) is 4. The molecule has 3 heterocycles. The fraction of sp³-hybridized carbons (Fsp3) is 0.407. The summed E-state index contributed by atoms with van der Waals surface area (Å²) in [6, 6.07) is 7.69. The van der Waals surface area contributed by atoms with Crippen LogP contribution < -0.4 is 14.8 Å². The molecule has 0 aliphatic carbocycles. The molecule has 3 aromatic rings. The van der Waals surface area contributed by atoms with E-state index in [1.165, 1.54) is 25.6 Å². The van der Waals surface area contributed by atoms with Gasteiger partial charge in [-0.3, -0.25) is 0 Å². The van der Waals surface area contributed by atoms with E-state index in [9.17, 15) is 14.0 Å². The molecule has 11 nitrogen and oxygen atoms in total. The number of likely N-dealkylation sites (tertiary alicyclic amines) is 1. The molecule has 2 aliphatic heterocycles. The lowest BCUT2D eigenvalue weighted by atomic mass is 10.1. The largest absolute Gasteiger partial charge is 0.486 e. The van der Waals surface area contributed by atoms with E-state index in [1.807, 2.05) is 9.80 Å². The van der Waals surface area contributed by atoms with E-state index in [0.717, 1.165) is 0 Å². The highest BCUT2D eigenvalue weighted by atomic mass is 35.5. The number of benzene rings is 2. The number of carbonyl (C=O) groups excluding carboxylic acids is 2. The first-order valence-electron chi connectivity index (χ1n) is 12.9. The van der Waals surface area contributed by atoms with E-state index >= 15 is 0 Å². The van der Waals surface area contributed by atoms with Crippen molar-refractivity contribution in [3.63, 3.8) is 0 Å². The summed E-state index contributed by atoms with van der Waals surface area (Å²) >= 11 is 5.94. The molecule has 2 amide bonds. The van der Waals surface area contributed by atoms with Gasteiger partial charge in [0.15, 0.2) is 18.1 Å². The summed E-state index contributed by atoms with van der Waals surface area (Å²) in [7, 11) is 1.28. The van der Waals surface area contributed by atoms with Gasteiger partial charge < -0.3 is 34.1 Å². The van der Waals surface area contributed by atoms with Crippen molar-refractivity contribution in [2.24, 2.45) is 0 Å². The second-order valence-electron chi connectivity index (χ2n) is 9.34. The molecule has 0 unspecified atom stereocenters. The molecular formula is C27H29ClFN5O6. The molecule has 2 saturated heterocycles. The van der Waals surface area contributed by atoms with Gasteiger partial charge >= 0.3 is 12.0 Å². The zero-order valence-electron chi connectivity index (χ0n) is 21.9. The van der Waals surface area contributed by atoms with Crippen molar-refractivity contribution in [2.45, 2.75) is 18.9 Å². The van der Waals surface area contributed by atoms with Crippen LogP contribution in [0, 0.1) is 5.82 Å². The predicted molar refractivity (Wildman–Crippen MR) is 145 cm³/mol. The number of ether oxygens (including phenoxy) is 4. The lowest BCUT2D eigenvalue weighted by Crippen LogP contribution is -2.51. The lowest BCUT2D eigenvalue weighted by Gasteiger charge is -2.37. The first-order chi connectivity index (χ1) is 19.4. The van der Waals surface area contributed by atoms with Crippen molar-refractivity contribution in [3.8, 4) is 11.5 Å². The fourth-order valence-electron chi connectivity index (χ4n) is 4.57. The molecule has 40 heavy (non-hydrogen) atoms. The molecule has 0 atom stereocenters. The van der Waals surface area contributed by atoms with Crippen molar-refractivity contribution >= 4 is 46.0 Å². The highest BCUT2D eigenvalue weighted by Gasteiger charge is 2.29. The summed E-state index contributed by atoms with van der Waals surface area (Å²) in [6.45, 7) is 3.08. The van der Waals surface area contributed by atoms with Crippen LogP contribution in [-0.4, -0.2) is 91.0 Å². The van der Waals surface area contributed by atoms with Crippen LogP contribution in [0.3, 0.4) is 0 Å². The number of aromatic nitrogens is 2. The summed E-state index contributed by atoms with van der Waals surface area (Å²) in [6.07, 6.45) is 2.43. The molecule has 1 N–H and O–H groups in total. The van der Waals surface area contributed by atoms with Gasteiger partial charge in [-0.25, -0.2) is 23.9 Å². The van der Waals surface area contributed by atoms with E-state index in [2.05, 4.69) is 15.3 Å². The van der Waals surface area contributed by atoms with Crippen LogP contribution in [0.4, 0.5) is 20.7 Å². The number of carbonyl (C=O) groups is 2. The van der Waals surface area contributed by atoms with Crippen LogP contribution in [-0.2, 0) is 14.3 Å². The topological polar surface area (TPSA) is 115 Å². The molecule has 212 valence electrons. The molecular weight excluding hydrogens is 545 g/mol. The number of hydrogen-bond acceptors (Lipinski definition) is 9. The standard InChI is InChI=1S/C27H29ClFN5O6/c1-37-25(35)15-39-23-14-22-19(26(31-16-30-22)32-17-2-3-21(29)20(28)12-17)13-24(23)40-18-4-6-33(7-5-18)27(36)34-8-10-38-11-9-34/h2-3,12-14,16,18H,4-11,15H2,1H3,(H,30,31,32). The first kappa shape index (κ1) is 27.7.